The van der Waals surface area contributed by atoms with E-state index in [1.54, 1.807) is 12.4 Å². The van der Waals surface area contributed by atoms with E-state index in [4.69, 9.17) is 0 Å². The Morgan fingerprint density at radius 3 is 2.84 bits per heavy atom. The standard InChI is InChI=1S/C26H25N5O/c1-18(2)16-28-26(32)23-6-4-5-7-25(23)31(13-11-21-14-19(3)10-12-27-21)22-9-8-20-17-29-30-24(20)15-22/h4-15,17H,1,16H2,2-3H3,(H,28,32)(H,29,30)/b13-11+. The number of anilines is 2. The van der Waals surface area contributed by atoms with Gasteiger partial charge in [0.15, 0.2) is 0 Å². The predicted octanol–water partition coefficient (Wildman–Crippen LogP) is 5.38. The number of pyridine rings is 1. The summed E-state index contributed by atoms with van der Waals surface area (Å²) < 4.78 is 0. The Labute approximate surface area is 187 Å². The van der Waals surface area contributed by atoms with E-state index in [1.807, 2.05) is 85.6 Å². The first-order valence-electron chi connectivity index (χ1n) is 10.4. The highest BCUT2D eigenvalue weighted by Gasteiger charge is 2.17. The Balaban J connectivity index is 1.79. The molecule has 0 spiro atoms. The molecule has 0 radical (unpaired) electrons. The number of nitrogens with zero attached hydrogens (tertiary/aromatic N) is 3. The average molecular weight is 424 g/mol. The number of carbonyl (C=O) groups excluding carboxylic acids is 1. The molecule has 1 amide bonds. The van der Waals surface area contributed by atoms with Crippen molar-refractivity contribution in [3.63, 3.8) is 0 Å². The highest BCUT2D eigenvalue weighted by atomic mass is 16.1. The van der Waals surface area contributed by atoms with Gasteiger partial charge in [-0.2, -0.15) is 5.10 Å². The summed E-state index contributed by atoms with van der Waals surface area (Å²) in [5, 5.41) is 11.1. The molecule has 0 atom stereocenters. The molecule has 4 rings (SSSR count). The molecular weight excluding hydrogens is 398 g/mol. The molecule has 4 aromatic rings. The molecule has 0 saturated carbocycles. The van der Waals surface area contributed by atoms with Crippen molar-refractivity contribution in [3.05, 3.63) is 102 Å². The Morgan fingerprint density at radius 1 is 1.19 bits per heavy atom. The summed E-state index contributed by atoms with van der Waals surface area (Å²) in [5.74, 6) is -0.154. The minimum Gasteiger partial charge on any atom is -0.348 e. The molecule has 160 valence electrons. The van der Waals surface area contributed by atoms with Crippen LogP contribution < -0.4 is 10.2 Å². The highest BCUT2D eigenvalue weighted by Crippen LogP contribution is 2.31. The van der Waals surface area contributed by atoms with E-state index in [-0.39, 0.29) is 5.91 Å². The van der Waals surface area contributed by atoms with Crippen LogP contribution in [0.5, 0.6) is 0 Å². The van der Waals surface area contributed by atoms with Crippen molar-refractivity contribution in [2.45, 2.75) is 13.8 Å². The Morgan fingerprint density at radius 2 is 2.03 bits per heavy atom. The molecular formula is C26H25N5O. The molecule has 0 aliphatic heterocycles. The van der Waals surface area contributed by atoms with E-state index in [9.17, 15) is 4.79 Å². The second kappa shape index (κ2) is 9.31. The van der Waals surface area contributed by atoms with Gasteiger partial charge < -0.3 is 10.2 Å². The number of carbonyl (C=O) groups is 1. The lowest BCUT2D eigenvalue weighted by Gasteiger charge is -2.23. The van der Waals surface area contributed by atoms with Crippen LogP contribution in [-0.4, -0.2) is 27.6 Å². The second-order valence-corrected chi connectivity index (χ2v) is 7.74. The summed E-state index contributed by atoms with van der Waals surface area (Å²) in [6.45, 7) is 8.21. The third-order valence-electron chi connectivity index (χ3n) is 4.99. The van der Waals surface area contributed by atoms with E-state index in [0.717, 1.165) is 39.1 Å². The number of amides is 1. The summed E-state index contributed by atoms with van der Waals surface area (Å²) in [4.78, 5) is 19.4. The molecule has 2 heterocycles. The Bertz CT molecular complexity index is 1300. The maximum absolute atomic E-state index is 13.0. The summed E-state index contributed by atoms with van der Waals surface area (Å²) in [7, 11) is 0. The van der Waals surface area contributed by atoms with Crippen molar-refractivity contribution in [1.29, 1.82) is 0 Å². The summed E-state index contributed by atoms with van der Waals surface area (Å²) >= 11 is 0. The number of H-pyrrole nitrogens is 1. The molecule has 6 heteroatoms. The number of hydrogen-bond donors (Lipinski definition) is 2. The smallest absolute Gasteiger partial charge is 0.253 e. The zero-order valence-corrected chi connectivity index (χ0v) is 18.2. The van der Waals surface area contributed by atoms with Crippen LogP contribution in [0.3, 0.4) is 0 Å². The molecule has 2 aromatic carbocycles. The molecule has 2 N–H and O–H groups in total. The van der Waals surface area contributed by atoms with Crippen LogP contribution in [-0.2, 0) is 0 Å². The summed E-state index contributed by atoms with van der Waals surface area (Å²) in [6, 6.07) is 17.5. The van der Waals surface area contributed by atoms with Crippen molar-refractivity contribution in [3.8, 4) is 0 Å². The molecule has 32 heavy (non-hydrogen) atoms. The van der Waals surface area contributed by atoms with Gasteiger partial charge in [-0.15, -0.1) is 0 Å². The number of fused-ring (bicyclic) bond motifs is 1. The molecule has 0 aliphatic rings. The number of aromatic amines is 1. The monoisotopic (exact) mass is 423 g/mol. The van der Waals surface area contributed by atoms with Gasteiger partial charge >= 0.3 is 0 Å². The largest absolute Gasteiger partial charge is 0.348 e. The number of benzene rings is 2. The van der Waals surface area contributed by atoms with Gasteiger partial charge in [0.2, 0.25) is 0 Å². The zero-order chi connectivity index (χ0) is 22.5. The topological polar surface area (TPSA) is 73.9 Å². The average Bonchev–Trinajstić information content (AvgIpc) is 3.26. The number of nitrogens with one attached hydrogen (secondary N) is 2. The van der Waals surface area contributed by atoms with Gasteiger partial charge in [0.25, 0.3) is 5.91 Å². The van der Waals surface area contributed by atoms with Gasteiger partial charge in [0, 0.05) is 30.0 Å². The van der Waals surface area contributed by atoms with E-state index < -0.39 is 0 Å². The van der Waals surface area contributed by atoms with Crippen molar-refractivity contribution < 1.29 is 4.79 Å². The molecule has 2 aromatic heterocycles. The number of aromatic nitrogens is 3. The van der Waals surface area contributed by atoms with Crippen LogP contribution in [0.1, 0.15) is 28.5 Å². The third kappa shape index (κ3) is 4.75. The van der Waals surface area contributed by atoms with E-state index in [2.05, 4.69) is 27.1 Å². The minimum absolute atomic E-state index is 0.154. The Hall–Kier alpha value is -4.19. The molecule has 0 aliphatic carbocycles. The lowest BCUT2D eigenvalue weighted by molar-refractivity contribution is 0.0957. The molecule has 0 unspecified atom stereocenters. The Kier molecular flexibility index (Phi) is 6.12. The maximum atomic E-state index is 13.0. The maximum Gasteiger partial charge on any atom is 0.253 e. The first-order valence-corrected chi connectivity index (χ1v) is 10.4. The van der Waals surface area contributed by atoms with Crippen LogP contribution in [0.4, 0.5) is 11.4 Å². The van der Waals surface area contributed by atoms with E-state index in [1.165, 1.54) is 0 Å². The van der Waals surface area contributed by atoms with Crippen molar-refractivity contribution in [2.75, 3.05) is 11.4 Å². The minimum atomic E-state index is -0.154. The van der Waals surface area contributed by atoms with E-state index >= 15 is 0 Å². The first-order chi connectivity index (χ1) is 15.5. The second-order valence-electron chi connectivity index (χ2n) is 7.74. The van der Waals surface area contributed by atoms with Crippen LogP contribution in [0, 0.1) is 6.92 Å². The molecule has 0 saturated heterocycles. The molecule has 0 fully saturated rings. The third-order valence-corrected chi connectivity index (χ3v) is 4.99. The van der Waals surface area contributed by atoms with Crippen molar-refractivity contribution in [1.82, 2.24) is 20.5 Å². The lowest BCUT2D eigenvalue weighted by Crippen LogP contribution is -2.26. The fourth-order valence-electron chi connectivity index (χ4n) is 3.38. The van der Waals surface area contributed by atoms with Gasteiger partial charge in [-0.1, -0.05) is 24.3 Å². The first kappa shape index (κ1) is 21.1. The highest BCUT2D eigenvalue weighted by molar-refractivity contribution is 6.01. The van der Waals surface area contributed by atoms with Crippen molar-refractivity contribution in [2.24, 2.45) is 0 Å². The fraction of sp³-hybridized carbons (Fsp3) is 0.115. The normalized spacial score (nSPS) is 11.1. The molecule has 6 nitrogen and oxygen atoms in total. The van der Waals surface area contributed by atoms with Crippen LogP contribution >= 0.6 is 0 Å². The number of hydrogen-bond acceptors (Lipinski definition) is 4. The van der Waals surface area contributed by atoms with Crippen LogP contribution in [0.15, 0.2) is 85.3 Å². The lowest BCUT2D eigenvalue weighted by atomic mass is 10.1. The summed E-state index contributed by atoms with van der Waals surface area (Å²) in [5.41, 5.74) is 5.99. The SMILES string of the molecule is C=C(C)CNC(=O)c1ccccc1N(/C=C/c1cc(C)ccn1)c1ccc2cn[nH]c2c1. The fourth-order valence-corrected chi connectivity index (χ4v) is 3.38. The van der Waals surface area contributed by atoms with Crippen LogP contribution in [0.25, 0.3) is 17.0 Å². The predicted molar refractivity (Wildman–Crippen MR) is 130 cm³/mol. The van der Waals surface area contributed by atoms with Gasteiger partial charge in [0.05, 0.1) is 28.7 Å². The summed E-state index contributed by atoms with van der Waals surface area (Å²) in [6.07, 6.45) is 7.45. The van der Waals surface area contributed by atoms with Crippen molar-refractivity contribution >= 4 is 34.3 Å². The number of aryl methyl sites for hydroxylation is 1. The zero-order valence-electron chi connectivity index (χ0n) is 18.2. The quantitative estimate of drug-likeness (QED) is 0.391. The van der Waals surface area contributed by atoms with Crippen LogP contribution in [0.2, 0.25) is 0 Å². The van der Waals surface area contributed by atoms with E-state index in [0.29, 0.717) is 12.1 Å². The van der Waals surface area contributed by atoms with Gasteiger partial charge in [0.1, 0.15) is 0 Å². The number of para-hydroxylation sites is 1. The number of rotatable bonds is 7. The van der Waals surface area contributed by atoms with Gasteiger partial charge in [-0.3, -0.25) is 14.9 Å². The van der Waals surface area contributed by atoms with Gasteiger partial charge in [-0.05, 0) is 68.0 Å². The molecule has 0 bridgehead atoms. The van der Waals surface area contributed by atoms with Gasteiger partial charge in [-0.25, -0.2) is 0 Å².